The zero-order chi connectivity index (χ0) is 17.8. The summed E-state index contributed by atoms with van der Waals surface area (Å²) in [5.74, 6) is -0.166. The fraction of sp³-hybridized carbons (Fsp3) is 0.0526. The lowest BCUT2D eigenvalue weighted by atomic mass is 10.2. The van der Waals surface area contributed by atoms with E-state index >= 15 is 0 Å². The first kappa shape index (κ1) is 16.8. The zero-order valence-corrected chi connectivity index (χ0v) is 14.0. The Morgan fingerprint density at radius 2 is 1.72 bits per heavy atom. The molecule has 1 heterocycles. The number of nitrogens with one attached hydrogen (secondary N) is 1. The van der Waals surface area contributed by atoms with Gasteiger partial charge in [0.05, 0.1) is 17.7 Å². The Bertz CT molecular complexity index is 915. The Labute approximate surface area is 149 Å². The number of carbonyl (C=O) groups is 2. The number of amides is 1. The number of hydrogen-bond donors (Lipinski definition) is 1. The number of ether oxygens (including phenoxy) is 1. The molecule has 0 fully saturated rings. The molecule has 0 bridgehead atoms. The van der Waals surface area contributed by atoms with Crippen LogP contribution >= 0.6 is 11.6 Å². The van der Waals surface area contributed by atoms with Crippen LogP contribution in [0.4, 0.5) is 5.69 Å². The van der Waals surface area contributed by atoms with E-state index in [0.29, 0.717) is 27.6 Å². The van der Waals surface area contributed by atoms with E-state index in [1.807, 2.05) is 18.2 Å². The molecule has 1 amide bonds. The van der Waals surface area contributed by atoms with Crippen molar-refractivity contribution in [2.75, 3.05) is 12.4 Å². The summed E-state index contributed by atoms with van der Waals surface area (Å²) in [5.41, 5.74) is 1.65. The Hall–Kier alpha value is -3.05. The summed E-state index contributed by atoms with van der Waals surface area (Å²) in [6.07, 6.45) is 0. The van der Waals surface area contributed by atoms with Gasteiger partial charge in [0.25, 0.3) is 5.91 Å². The molecule has 0 aliphatic rings. The molecule has 1 N–H and O–H groups in total. The normalized spacial score (nSPS) is 10.3. The molecular formula is C19H14ClNO4. The fourth-order valence-corrected chi connectivity index (χ4v) is 2.49. The molecule has 1 aromatic heterocycles. The summed E-state index contributed by atoms with van der Waals surface area (Å²) < 4.78 is 10.2. The van der Waals surface area contributed by atoms with Gasteiger partial charge in [-0.1, -0.05) is 23.7 Å². The largest absolute Gasteiger partial charge is 0.465 e. The first-order valence-electron chi connectivity index (χ1n) is 7.43. The van der Waals surface area contributed by atoms with Crippen molar-refractivity contribution in [3.8, 4) is 11.3 Å². The topological polar surface area (TPSA) is 68.5 Å². The lowest BCUT2D eigenvalue weighted by Crippen LogP contribution is -2.11. The first-order valence-corrected chi connectivity index (χ1v) is 7.81. The molecule has 0 spiro atoms. The second kappa shape index (κ2) is 7.23. The van der Waals surface area contributed by atoms with E-state index in [2.05, 4.69) is 10.1 Å². The van der Waals surface area contributed by atoms with E-state index in [0.717, 1.165) is 0 Å². The van der Waals surface area contributed by atoms with Gasteiger partial charge in [-0.15, -0.1) is 0 Å². The number of halogens is 1. The Kier molecular flexibility index (Phi) is 4.86. The van der Waals surface area contributed by atoms with E-state index in [1.54, 1.807) is 42.5 Å². The predicted octanol–water partition coefficient (Wildman–Crippen LogP) is 4.64. The molecule has 3 rings (SSSR count). The summed E-state index contributed by atoms with van der Waals surface area (Å²) in [7, 11) is 1.31. The third-order valence-electron chi connectivity index (χ3n) is 3.53. The van der Waals surface area contributed by atoms with Crippen LogP contribution in [0.2, 0.25) is 5.02 Å². The molecule has 126 valence electrons. The van der Waals surface area contributed by atoms with E-state index in [1.165, 1.54) is 7.11 Å². The SMILES string of the molecule is COC(=O)c1ccc(NC(=O)c2ccc(-c3ccccc3Cl)o2)cc1. The van der Waals surface area contributed by atoms with Crippen LogP contribution in [0.3, 0.4) is 0 Å². The zero-order valence-electron chi connectivity index (χ0n) is 13.3. The molecule has 5 nitrogen and oxygen atoms in total. The second-order valence-electron chi connectivity index (χ2n) is 5.17. The van der Waals surface area contributed by atoms with Crippen LogP contribution < -0.4 is 5.32 Å². The third-order valence-corrected chi connectivity index (χ3v) is 3.86. The van der Waals surface area contributed by atoms with Gasteiger partial charge >= 0.3 is 5.97 Å². The van der Waals surface area contributed by atoms with E-state index in [4.69, 9.17) is 16.0 Å². The minimum atomic E-state index is -0.437. The molecule has 2 aromatic carbocycles. The Balaban J connectivity index is 1.74. The summed E-state index contributed by atoms with van der Waals surface area (Å²) in [6, 6.07) is 16.9. The van der Waals surface area contributed by atoms with Crippen LogP contribution in [0, 0.1) is 0 Å². The van der Waals surface area contributed by atoms with Gasteiger partial charge in [-0.05, 0) is 48.5 Å². The summed E-state index contributed by atoms with van der Waals surface area (Å²) >= 11 is 6.13. The number of benzene rings is 2. The van der Waals surface area contributed by atoms with Gasteiger partial charge in [-0.2, -0.15) is 0 Å². The highest BCUT2D eigenvalue weighted by Crippen LogP contribution is 2.29. The number of hydrogen-bond acceptors (Lipinski definition) is 4. The Morgan fingerprint density at radius 1 is 1.00 bits per heavy atom. The summed E-state index contributed by atoms with van der Waals surface area (Å²) in [4.78, 5) is 23.7. The number of furan rings is 1. The van der Waals surface area contributed by atoms with Crippen molar-refractivity contribution >= 4 is 29.2 Å². The van der Waals surface area contributed by atoms with Crippen LogP contribution in [0.1, 0.15) is 20.9 Å². The van der Waals surface area contributed by atoms with Gasteiger partial charge in [-0.25, -0.2) is 4.79 Å². The number of esters is 1. The van der Waals surface area contributed by atoms with Crippen LogP contribution in [-0.2, 0) is 4.74 Å². The fourth-order valence-electron chi connectivity index (χ4n) is 2.27. The maximum atomic E-state index is 12.3. The quantitative estimate of drug-likeness (QED) is 0.692. The summed E-state index contributed by atoms with van der Waals surface area (Å²) in [6.45, 7) is 0. The lowest BCUT2D eigenvalue weighted by Gasteiger charge is -2.04. The van der Waals surface area contributed by atoms with Crippen molar-refractivity contribution in [3.63, 3.8) is 0 Å². The maximum Gasteiger partial charge on any atom is 0.337 e. The predicted molar refractivity (Wildman–Crippen MR) is 94.9 cm³/mol. The lowest BCUT2D eigenvalue weighted by molar-refractivity contribution is 0.0600. The average molecular weight is 356 g/mol. The molecule has 0 saturated heterocycles. The summed E-state index contributed by atoms with van der Waals surface area (Å²) in [5, 5.41) is 3.25. The Morgan fingerprint density at radius 3 is 2.40 bits per heavy atom. The minimum Gasteiger partial charge on any atom is -0.465 e. The van der Waals surface area contributed by atoms with Crippen LogP contribution in [0.25, 0.3) is 11.3 Å². The highest BCUT2D eigenvalue weighted by molar-refractivity contribution is 6.33. The van der Waals surface area contributed by atoms with Gasteiger partial charge in [0.15, 0.2) is 5.76 Å². The molecule has 6 heteroatoms. The molecule has 0 atom stereocenters. The highest BCUT2D eigenvalue weighted by Gasteiger charge is 2.14. The molecule has 25 heavy (non-hydrogen) atoms. The second-order valence-corrected chi connectivity index (χ2v) is 5.57. The standard InChI is InChI=1S/C19H14ClNO4/c1-24-19(23)12-6-8-13(9-7-12)21-18(22)17-11-10-16(25-17)14-4-2-3-5-15(14)20/h2-11H,1H3,(H,21,22). The van der Waals surface area contributed by atoms with Crippen molar-refractivity contribution in [2.24, 2.45) is 0 Å². The average Bonchev–Trinajstić information content (AvgIpc) is 3.12. The number of rotatable bonds is 4. The van der Waals surface area contributed by atoms with Crippen molar-refractivity contribution < 1.29 is 18.7 Å². The van der Waals surface area contributed by atoms with Crippen LogP contribution in [0.15, 0.2) is 65.1 Å². The monoisotopic (exact) mass is 355 g/mol. The third kappa shape index (κ3) is 3.72. The molecule has 0 radical (unpaired) electrons. The van der Waals surface area contributed by atoms with Gasteiger partial charge in [-0.3, -0.25) is 4.79 Å². The smallest absolute Gasteiger partial charge is 0.337 e. The number of carbonyl (C=O) groups excluding carboxylic acids is 2. The molecule has 0 aliphatic heterocycles. The maximum absolute atomic E-state index is 12.3. The van der Waals surface area contributed by atoms with Gasteiger partial charge in [0.1, 0.15) is 5.76 Å². The van der Waals surface area contributed by atoms with E-state index in [9.17, 15) is 9.59 Å². The van der Waals surface area contributed by atoms with Crippen molar-refractivity contribution in [1.82, 2.24) is 0 Å². The van der Waals surface area contributed by atoms with Gasteiger partial charge in [0, 0.05) is 11.3 Å². The number of anilines is 1. The van der Waals surface area contributed by atoms with Gasteiger partial charge in [0.2, 0.25) is 0 Å². The van der Waals surface area contributed by atoms with Crippen molar-refractivity contribution in [2.45, 2.75) is 0 Å². The van der Waals surface area contributed by atoms with Crippen molar-refractivity contribution in [3.05, 3.63) is 77.0 Å². The van der Waals surface area contributed by atoms with Crippen LogP contribution in [-0.4, -0.2) is 19.0 Å². The molecule has 0 saturated carbocycles. The van der Waals surface area contributed by atoms with E-state index < -0.39 is 11.9 Å². The number of methoxy groups -OCH3 is 1. The first-order chi connectivity index (χ1) is 12.1. The van der Waals surface area contributed by atoms with Crippen LogP contribution in [0.5, 0.6) is 0 Å². The molecular weight excluding hydrogens is 342 g/mol. The molecule has 3 aromatic rings. The highest BCUT2D eigenvalue weighted by atomic mass is 35.5. The minimum absolute atomic E-state index is 0.159. The van der Waals surface area contributed by atoms with Crippen molar-refractivity contribution in [1.29, 1.82) is 0 Å². The van der Waals surface area contributed by atoms with E-state index in [-0.39, 0.29) is 5.76 Å². The van der Waals surface area contributed by atoms with Gasteiger partial charge < -0.3 is 14.5 Å². The molecule has 0 unspecified atom stereocenters. The molecule has 0 aliphatic carbocycles.